The summed E-state index contributed by atoms with van der Waals surface area (Å²) in [5.41, 5.74) is 0.635. The van der Waals surface area contributed by atoms with E-state index in [-0.39, 0.29) is 18.5 Å². The molecule has 1 atom stereocenters. The van der Waals surface area contributed by atoms with Crippen molar-refractivity contribution in [1.29, 1.82) is 0 Å². The molecule has 1 aliphatic heterocycles. The van der Waals surface area contributed by atoms with Crippen LogP contribution in [0.4, 0.5) is 0 Å². The highest BCUT2D eigenvalue weighted by atomic mass is 35.5. The second-order valence-corrected chi connectivity index (χ2v) is 7.18. The molecule has 144 valence electrons. The Labute approximate surface area is 166 Å². The summed E-state index contributed by atoms with van der Waals surface area (Å²) in [6.45, 7) is 0.578. The average molecular weight is 399 g/mol. The molecule has 0 unspecified atom stereocenters. The molecule has 2 aromatic heterocycles. The zero-order valence-electron chi connectivity index (χ0n) is 15.1. The molecule has 1 saturated heterocycles. The normalized spacial score (nSPS) is 16.5. The van der Waals surface area contributed by atoms with Crippen LogP contribution in [0.3, 0.4) is 0 Å². The van der Waals surface area contributed by atoms with Gasteiger partial charge >= 0.3 is 5.69 Å². The van der Waals surface area contributed by atoms with Crippen molar-refractivity contribution in [2.75, 3.05) is 6.54 Å². The molecule has 1 aromatic carbocycles. The molecule has 3 aromatic rings. The van der Waals surface area contributed by atoms with Crippen LogP contribution in [-0.4, -0.2) is 31.9 Å². The van der Waals surface area contributed by atoms with E-state index in [4.69, 9.17) is 16.0 Å². The van der Waals surface area contributed by atoms with Gasteiger partial charge < -0.3 is 9.32 Å². The summed E-state index contributed by atoms with van der Waals surface area (Å²) < 4.78 is 7.24. The molecule has 3 heterocycles. The predicted molar refractivity (Wildman–Crippen MR) is 103 cm³/mol. The molecule has 1 aliphatic rings. The van der Waals surface area contributed by atoms with Gasteiger partial charge in [-0.3, -0.25) is 9.36 Å². The summed E-state index contributed by atoms with van der Waals surface area (Å²) >= 11 is 5.92. The van der Waals surface area contributed by atoms with Crippen LogP contribution in [0.2, 0.25) is 5.02 Å². The van der Waals surface area contributed by atoms with Gasteiger partial charge in [0.15, 0.2) is 0 Å². The van der Waals surface area contributed by atoms with Gasteiger partial charge in [-0.05, 0) is 36.6 Å². The number of aromatic nitrogens is 3. The number of oxazole rings is 1. The second-order valence-electron chi connectivity index (χ2n) is 6.74. The van der Waals surface area contributed by atoms with Crippen molar-refractivity contribution in [3.63, 3.8) is 0 Å². The van der Waals surface area contributed by atoms with Crippen LogP contribution in [0, 0.1) is 0 Å². The number of rotatable bonds is 5. The molecule has 7 nitrogen and oxygen atoms in total. The van der Waals surface area contributed by atoms with Crippen LogP contribution >= 0.6 is 11.6 Å². The quantitative estimate of drug-likeness (QED) is 0.660. The van der Waals surface area contributed by atoms with Gasteiger partial charge in [-0.1, -0.05) is 23.7 Å². The Morgan fingerprint density at radius 3 is 2.86 bits per heavy atom. The van der Waals surface area contributed by atoms with Crippen molar-refractivity contribution >= 4 is 17.5 Å². The molecular formula is C20H19ClN4O3. The summed E-state index contributed by atoms with van der Waals surface area (Å²) in [5, 5.41) is 0.690. The second kappa shape index (κ2) is 7.98. The highest BCUT2D eigenvalue weighted by molar-refractivity contribution is 6.30. The molecule has 0 radical (unpaired) electrons. The lowest BCUT2D eigenvalue weighted by atomic mass is 10.1. The lowest BCUT2D eigenvalue weighted by Crippen LogP contribution is -2.36. The number of carbonyl (C=O) groups excluding carboxylic acids is 1. The first-order valence-electron chi connectivity index (χ1n) is 9.10. The summed E-state index contributed by atoms with van der Waals surface area (Å²) in [7, 11) is 0. The average Bonchev–Trinajstić information content (AvgIpc) is 3.34. The highest BCUT2D eigenvalue weighted by Gasteiger charge is 2.33. The minimum Gasteiger partial charge on any atom is -0.443 e. The molecule has 8 heteroatoms. The highest BCUT2D eigenvalue weighted by Crippen LogP contribution is 2.32. The number of halogens is 1. The lowest BCUT2D eigenvalue weighted by Gasteiger charge is -2.22. The largest absolute Gasteiger partial charge is 0.443 e. The first kappa shape index (κ1) is 18.4. The van der Waals surface area contributed by atoms with E-state index in [0.29, 0.717) is 23.9 Å². The number of nitrogens with zero attached hydrogens (tertiary/aromatic N) is 4. The van der Waals surface area contributed by atoms with E-state index < -0.39 is 5.69 Å². The van der Waals surface area contributed by atoms with Gasteiger partial charge in [0.2, 0.25) is 11.8 Å². The smallest absolute Gasteiger partial charge is 0.347 e. The van der Waals surface area contributed by atoms with Crippen LogP contribution < -0.4 is 5.69 Å². The fraction of sp³-hybridized carbons (Fsp3) is 0.300. The molecule has 1 fully saturated rings. The van der Waals surface area contributed by atoms with Crippen LogP contribution in [0.1, 0.15) is 36.1 Å². The third-order valence-corrected chi connectivity index (χ3v) is 5.06. The fourth-order valence-electron chi connectivity index (χ4n) is 3.43. The molecule has 4 rings (SSSR count). The molecule has 0 spiro atoms. The lowest BCUT2D eigenvalue weighted by molar-refractivity contribution is -0.133. The maximum Gasteiger partial charge on any atom is 0.347 e. The number of likely N-dealkylation sites (tertiary alicyclic amines) is 1. The Hall–Kier alpha value is -2.93. The summed E-state index contributed by atoms with van der Waals surface area (Å²) in [6, 6.07) is 8.99. The Balaban J connectivity index is 1.47. The summed E-state index contributed by atoms with van der Waals surface area (Å²) in [6.07, 6.45) is 6.94. The van der Waals surface area contributed by atoms with Crippen molar-refractivity contribution in [3.05, 3.63) is 81.6 Å². The zero-order chi connectivity index (χ0) is 19.5. The minimum absolute atomic E-state index is 0.0402. The van der Waals surface area contributed by atoms with Gasteiger partial charge in [0.1, 0.15) is 18.3 Å². The van der Waals surface area contributed by atoms with Crippen LogP contribution in [0.5, 0.6) is 0 Å². The SMILES string of the molecule is O=C(Cn1cccnc1=O)N1CCC[C@H]1c1ncc(Cc2ccc(Cl)cc2)o1. The summed E-state index contributed by atoms with van der Waals surface area (Å²) in [4.78, 5) is 34.3. The van der Waals surface area contributed by atoms with Crippen molar-refractivity contribution in [1.82, 2.24) is 19.4 Å². The van der Waals surface area contributed by atoms with E-state index in [1.54, 1.807) is 23.4 Å². The molecule has 0 saturated carbocycles. The van der Waals surface area contributed by atoms with E-state index in [0.717, 1.165) is 24.2 Å². The van der Waals surface area contributed by atoms with E-state index >= 15 is 0 Å². The predicted octanol–water partition coefficient (Wildman–Crippen LogP) is 2.84. The topological polar surface area (TPSA) is 81.2 Å². The zero-order valence-corrected chi connectivity index (χ0v) is 15.9. The molecule has 0 bridgehead atoms. The van der Waals surface area contributed by atoms with E-state index in [9.17, 15) is 9.59 Å². The standard InChI is InChI=1S/C20H19ClN4O3/c21-15-6-4-14(5-7-15)11-16-12-23-19(28-16)17-3-1-10-25(17)18(26)13-24-9-2-8-22-20(24)27/h2,4-9,12,17H,1,3,10-11,13H2/t17-/m0/s1. The van der Waals surface area contributed by atoms with Crippen molar-refractivity contribution in [3.8, 4) is 0 Å². The van der Waals surface area contributed by atoms with Gasteiger partial charge in [0.25, 0.3) is 0 Å². The number of hydrogen-bond donors (Lipinski definition) is 0. The number of benzene rings is 1. The molecule has 0 N–H and O–H groups in total. The van der Waals surface area contributed by atoms with Crippen LogP contribution in [0.15, 0.2) is 58.1 Å². The first-order chi connectivity index (χ1) is 13.6. The summed E-state index contributed by atoms with van der Waals surface area (Å²) in [5.74, 6) is 1.13. The Morgan fingerprint density at radius 1 is 1.25 bits per heavy atom. The van der Waals surface area contributed by atoms with Gasteiger partial charge in [0.05, 0.1) is 6.20 Å². The van der Waals surface area contributed by atoms with Gasteiger partial charge in [0, 0.05) is 30.4 Å². The number of hydrogen-bond acceptors (Lipinski definition) is 5. The van der Waals surface area contributed by atoms with Gasteiger partial charge in [-0.2, -0.15) is 0 Å². The van der Waals surface area contributed by atoms with Crippen molar-refractivity contribution in [2.45, 2.75) is 31.8 Å². The monoisotopic (exact) mass is 398 g/mol. The first-order valence-corrected chi connectivity index (χ1v) is 9.48. The maximum absolute atomic E-state index is 12.7. The Morgan fingerprint density at radius 2 is 2.07 bits per heavy atom. The van der Waals surface area contributed by atoms with E-state index in [1.807, 2.05) is 24.3 Å². The fourth-order valence-corrected chi connectivity index (χ4v) is 3.55. The third-order valence-electron chi connectivity index (χ3n) is 4.81. The molecular weight excluding hydrogens is 380 g/mol. The molecule has 0 aliphatic carbocycles. The minimum atomic E-state index is -0.437. The van der Waals surface area contributed by atoms with Gasteiger partial charge in [-0.25, -0.2) is 14.8 Å². The molecule has 28 heavy (non-hydrogen) atoms. The maximum atomic E-state index is 12.7. The third kappa shape index (κ3) is 3.99. The van der Waals surface area contributed by atoms with Crippen LogP contribution in [0.25, 0.3) is 0 Å². The number of carbonyl (C=O) groups is 1. The number of amides is 1. The molecule has 1 amide bonds. The van der Waals surface area contributed by atoms with Gasteiger partial charge in [-0.15, -0.1) is 0 Å². The Kier molecular flexibility index (Phi) is 5.25. The van der Waals surface area contributed by atoms with Crippen LogP contribution in [-0.2, 0) is 17.8 Å². The van der Waals surface area contributed by atoms with Crippen molar-refractivity contribution < 1.29 is 9.21 Å². The Bertz CT molecular complexity index is 1030. The van der Waals surface area contributed by atoms with E-state index in [1.165, 1.54) is 10.8 Å². The van der Waals surface area contributed by atoms with Crippen molar-refractivity contribution in [2.24, 2.45) is 0 Å². The van der Waals surface area contributed by atoms with E-state index in [2.05, 4.69) is 9.97 Å².